The molecule has 2 rings (SSSR count). The van der Waals surface area contributed by atoms with Crippen molar-refractivity contribution in [3.05, 3.63) is 18.2 Å². The Morgan fingerprint density at radius 2 is 2.27 bits per heavy atom. The molecule has 15 heavy (non-hydrogen) atoms. The lowest BCUT2D eigenvalue weighted by atomic mass is 9.86. The van der Waals surface area contributed by atoms with E-state index in [1.54, 1.807) is 6.20 Å². The molecule has 2 heterocycles. The van der Waals surface area contributed by atoms with E-state index in [4.69, 9.17) is 0 Å². The van der Waals surface area contributed by atoms with Crippen molar-refractivity contribution in [2.45, 2.75) is 31.4 Å². The van der Waals surface area contributed by atoms with Crippen LogP contribution in [0.5, 0.6) is 0 Å². The molecule has 1 aliphatic heterocycles. The minimum Gasteiger partial charge on any atom is -0.382 e. The quantitative estimate of drug-likeness (QED) is 0.741. The first kappa shape index (κ1) is 10.6. The minimum atomic E-state index is -0.746. The maximum Gasteiger partial charge on any atom is 0.140 e. The number of piperidine rings is 1. The van der Waals surface area contributed by atoms with Gasteiger partial charge in [0.25, 0.3) is 0 Å². The molecular weight excluding hydrogens is 190 g/mol. The molecule has 0 aliphatic carbocycles. The monoisotopic (exact) mass is 209 g/mol. The van der Waals surface area contributed by atoms with Crippen molar-refractivity contribution in [2.24, 2.45) is 7.05 Å². The molecule has 2 atom stereocenters. The van der Waals surface area contributed by atoms with Crippen molar-refractivity contribution in [1.82, 2.24) is 14.5 Å². The number of aromatic nitrogens is 2. The molecule has 1 aliphatic rings. The van der Waals surface area contributed by atoms with Crippen molar-refractivity contribution in [3.8, 4) is 0 Å². The van der Waals surface area contributed by atoms with Crippen LogP contribution in [-0.2, 0) is 12.6 Å². The third kappa shape index (κ3) is 1.79. The van der Waals surface area contributed by atoms with Crippen molar-refractivity contribution in [1.29, 1.82) is 0 Å². The zero-order valence-corrected chi connectivity index (χ0v) is 9.64. The minimum absolute atomic E-state index is 0.403. The largest absolute Gasteiger partial charge is 0.382 e. The maximum absolute atomic E-state index is 10.6. The van der Waals surface area contributed by atoms with E-state index in [1.165, 1.54) is 0 Å². The van der Waals surface area contributed by atoms with Crippen molar-refractivity contribution >= 4 is 0 Å². The standard InChI is InChI=1S/C11H19N3O/c1-9-8-11(15,4-6-13(9)2)10-12-5-7-14(10)3/h5,7,9,15H,4,6,8H2,1-3H3. The molecule has 0 saturated carbocycles. The molecule has 84 valence electrons. The van der Waals surface area contributed by atoms with E-state index in [-0.39, 0.29) is 0 Å². The van der Waals surface area contributed by atoms with E-state index in [0.29, 0.717) is 6.04 Å². The highest BCUT2D eigenvalue weighted by molar-refractivity contribution is 5.07. The van der Waals surface area contributed by atoms with E-state index in [0.717, 1.165) is 25.2 Å². The highest BCUT2D eigenvalue weighted by Crippen LogP contribution is 2.33. The lowest BCUT2D eigenvalue weighted by Crippen LogP contribution is -2.47. The zero-order valence-electron chi connectivity index (χ0n) is 9.64. The summed E-state index contributed by atoms with van der Waals surface area (Å²) in [4.78, 5) is 6.54. The molecule has 1 aromatic rings. The summed E-state index contributed by atoms with van der Waals surface area (Å²) in [7, 11) is 4.03. The highest BCUT2D eigenvalue weighted by atomic mass is 16.3. The third-order valence-corrected chi connectivity index (χ3v) is 3.50. The zero-order chi connectivity index (χ0) is 11.1. The average Bonchev–Trinajstić information content (AvgIpc) is 2.59. The Labute approximate surface area is 90.5 Å². The summed E-state index contributed by atoms with van der Waals surface area (Å²) in [5.74, 6) is 0.794. The number of likely N-dealkylation sites (tertiary alicyclic amines) is 1. The van der Waals surface area contributed by atoms with Gasteiger partial charge in [-0.2, -0.15) is 0 Å². The Bertz CT molecular complexity index is 349. The second-order valence-corrected chi connectivity index (χ2v) is 4.68. The summed E-state index contributed by atoms with van der Waals surface area (Å²) in [6.07, 6.45) is 5.15. The number of aryl methyl sites for hydroxylation is 1. The SMILES string of the molecule is CC1CC(O)(c2nccn2C)CCN1C. The van der Waals surface area contributed by atoms with Crippen molar-refractivity contribution in [2.75, 3.05) is 13.6 Å². The first-order valence-electron chi connectivity index (χ1n) is 5.43. The van der Waals surface area contributed by atoms with Gasteiger partial charge in [0.15, 0.2) is 0 Å². The molecule has 0 aromatic carbocycles. The van der Waals surface area contributed by atoms with Crippen LogP contribution in [0.25, 0.3) is 0 Å². The van der Waals surface area contributed by atoms with Gasteiger partial charge in [-0.05, 0) is 26.8 Å². The van der Waals surface area contributed by atoms with Crippen LogP contribution in [0.3, 0.4) is 0 Å². The Morgan fingerprint density at radius 1 is 1.53 bits per heavy atom. The number of hydrogen-bond acceptors (Lipinski definition) is 3. The van der Waals surface area contributed by atoms with Gasteiger partial charge in [0.1, 0.15) is 11.4 Å². The predicted octanol–water partition coefficient (Wildman–Crippen LogP) is 0.722. The molecule has 0 spiro atoms. The molecule has 0 amide bonds. The lowest BCUT2D eigenvalue weighted by Gasteiger charge is -2.40. The summed E-state index contributed by atoms with van der Waals surface area (Å²) < 4.78 is 1.91. The van der Waals surface area contributed by atoms with Gasteiger partial charge in [0.2, 0.25) is 0 Å². The van der Waals surface area contributed by atoms with Crippen LogP contribution in [0.2, 0.25) is 0 Å². The maximum atomic E-state index is 10.6. The summed E-state index contributed by atoms with van der Waals surface area (Å²) in [5.41, 5.74) is -0.746. The van der Waals surface area contributed by atoms with E-state index < -0.39 is 5.60 Å². The molecule has 4 nitrogen and oxygen atoms in total. The second kappa shape index (κ2) is 3.61. The number of nitrogens with zero attached hydrogens (tertiary/aromatic N) is 3. The summed E-state index contributed by atoms with van der Waals surface area (Å²) in [6, 6.07) is 0.403. The molecule has 1 aromatic heterocycles. The van der Waals surface area contributed by atoms with Crippen LogP contribution in [0, 0.1) is 0 Å². The Kier molecular flexibility index (Phi) is 2.56. The lowest BCUT2D eigenvalue weighted by molar-refractivity contribution is -0.0492. The number of aliphatic hydroxyl groups is 1. The number of rotatable bonds is 1. The van der Waals surface area contributed by atoms with Gasteiger partial charge in [-0.1, -0.05) is 0 Å². The number of hydrogen-bond donors (Lipinski definition) is 1. The molecule has 0 bridgehead atoms. The van der Waals surface area contributed by atoms with Crippen LogP contribution in [0.15, 0.2) is 12.4 Å². The average molecular weight is 209 g/mol. The van der Waals surface area contributed by atoms with Crippen LogP contribution >= 0.6 is 0 Å². The van der Waals surface area contributed by atoms with Gasteiger partial charge >= 0.3 is 0 Å². The van der Waals surface area contributed by atoms with Crippen LogP contribution < -0.4 is 0 Å². The fourth-order valence-corrected chi connectivity index (χ4v) is 2.35. The Hall–Kier alpha value is -0.870. The molecule has 1 N–H and O–H groups in total. The van der Waals surface area contributed by atoms with Crippen LogP contribution in [0.1, 0.15) is 25.6 Å². The smallest absolute Gasteiger partial charge is 0.140 e. The second-order valence-electron chi connectivity index (χ2n) is 4.68. The van der Waals surface area contributed by atoms with Gasteiger partial charge in [0, 0.05) is 32.0 Å². The summed E-state index contributed by atoms with van der Waals surface area (Å²) in [6.45, 7) is 3.07. The Balaban J connectivity index is 2.25. The molecule has 2 unspecified atom stereocenters. The van der Waals surface area contributed by atoms with Crippen molar-refractivity contribution in [3.63, 3.8) is 0 Å². The topological polar surface area (TPSA) is 41.3 Å². The molecule has 4 heteroatoms. The van der Waals surface area contributed by atoms with Crippen molar-refractivity contribution < 1.29 is 5.11 Å². The summed E-state index contributed by atoms with van der Waals surface area (Å²) >= 11 is 0. The van der Waals surface area contributed by atoms with Crippen LogP contribution in [0.4, 0.5) is 0 Å². The molecular formula is C11H19N3O. The van der Waals surface area contributed by atoms with Gasteiger partial charge in [-0.15, -0.1) is 0 Å². The fraction of sp³-hybridized carbons (Fsp3) is 0.727. The van der Waals surface area contributed by atoms with E-state index >= 15 is 0 Å². The third-order valence-electron chi connectivity index (χ3n) is 3.50. The van der Waals surface area contributed by atoms with Gasteiger partial charge in [0.05, 0.1) is 0 Å². The van der Waals surface area contributed by atoms with Gasteiger partial charge < -0.3 is 14.6 Å². The number of imidazole rings is 1. The van der Waals surface area contributed by atoms with E-state index in [9.17, 15) is 5.11 Å². The summed E-state index contributed by atoms with van der Waals surface area (Å²) in [5, 5.41) is 10.6. The predicted molar refractivity (Wildman–Crippen MR) is 58.4 cm³/mol. The van der Waals surface area contributed by atoms with Gasteiger partial charge in [-0.25, -0.2) is 4.98 Å². The fourth-order valence-electron chi connectivity index (χ4n) is 2.35. The van der Waals surface area contributed by atoms with E-state index in [2.05, 4.69) is 23.9 Å². The molecule has 0 radical (unpaired) electrons. The first-order chi connectivity index (χ1) is 7.03. The van der Waals surface area contributed by atoms with Crippen LogP contribution in [-0.4, -0.2) is 39.2 Å². The Morgan fingerprint density at radius 3 is 2.80 bits per heavy atom. The normalized spacial score (nSPS) is 33.2. The molecule has 1 fully saturated rings. The van der Waals surface area contributed by atoms with Gasteiger partial charge in [-0.3, -0.25) is 0 Å². The first-order valence-corrected chi connectivity index (χ1v) is 5.43. The van der Waals surface area contributed by atoms with E-state index in [1.807, 2.05) is 17.8 Å². The molecule has 1 saturated heterocycles. The highest BCUT2D eigenvalue weighted by Gasteiger charge is 2.39.